The van der Waals surface area contributed by atoms with E-state index in [9.17, 15) is 9.59 Å². The number of hydrogen-bond donors (Lipinski definition) is 1. The lowest BCUT2D eigenvalue weighted by Gasteiger charge is -2.25. The SMILES string of the molecule is COc1cccc(N2C(=O)CS[C@@H]2c2cccc(NC(=O)C3CCCCC3)c2)c1. The van der Waals surface area contributed by atoms with Crippen molar-refractivity contribution in [2.75, 3.05) is 23.1 Å². The van der Waals surface area contributed by atoms with Gasteiger partial charge in [-0.3, -0.25) is 14.5 Å². The minimum atomic E-state index is -0.124. The number of carbonyl (C=O) groups excluding carboxylic acids is 2. The van der Waals surface area contributed by atoms with Gasteiger partial charge in [-0.2, -0.15) is 0 Å². The van der Waals surface area contributed by atoms with E-state index in [1.54, 1.807) is 18.9 Å². The standard InChI is InChI=1S/C23H26N2O3S/c1-28-20-12-6-11-19(14-20)25-21(26)15-29-23(25)17-9-5-10-18(13-17)24-22(27)16-7-3-2-4-8-16/h5-6,9-14,16,23H,2-4,7-8,15H2,1H3,(H,24,27)/t23-/m1/s1. The van der Waals surface area contributed by atoms with Gasteiger partial charge in [0, 0.05) is 23.4 Å². The number of methoxy groups -OCH3 is 1. The molecule has 29 heavy (non-hydrogen) atoms. The number of nitrogens with zero attached hydrogens (tertiary/aromatic N) is 1. The van der Waals surface area contributed by atoms with Crippen molar-refractivity contribution < 1.29 is 14.3 Å². The highest BCUT2D eigenvalue weighted by atomic mass is 32.2. The first kappa shape index (κ1) is 19.8. The van der Waals surface area contributed by atoms with Gasteiger partial charge in [0.15, 0.2) is 0 Å². The highest BCUT2D eigenvalue weighted by molar-refractivity contribution is 8.00. The summed E-state index contributed by atoms with van der Waals surface area (Å²) in [5, 5.41) is 2.96. The molecule has 0 spiro atoms. The van der Waals surface area contributed by atoms with Gasteiger partial charge in [-0.15, -0.1) is 11.8 Å². The number of hydrogen-bond acceptors (Lipinski definition) is 4. The number of nitrogens with one attached hydrogen (secondary N) is 1. The maximum Gasteiger partial charge on any atom is 0.238 e. The molecule has 1 aliphatic heterocycles. The molecule has 0 unspecified atom stereocenters. The third-order valence-electron chi connectivity index (χ3n) is 5.61. The molecule has 2 aliphatic rings. The Morgan fingerprint density at radius 1 is 1.10 bits per heavy atom. The lowest BCUT2D eigenvalue weighted by atomic mass is 9.88. The summed E-state index contributed by atoms with van der Waals surface area (Å²) in [7, 11) is 1.62. The third kappa shape index (κ3) is 4.42. The highest BCUT2D eigenvalue weighted by Crippen LogP contribution is 2.43. The molecule has 2 aromatic carbocycles. The average Bonchev–Trinajstić information content (AvgIpc) is 3.16. The largest absolute Gasteiger partial charge is 0.497 e. The van der Waals surface area contributed by atoms with Gasteiger partial charge < -0.3 is 10.1 Å². The topological polar surface area (TPSA) is 58.6 Å². The van der Waals surface area contributed by atoms with Gasteiger partial charge in [-0.05, 0) is 42.7 Å². The second-order valence-corrected chi connectivity index (χ2v) is 8.65. The van der Waals surface area contributed by atoms with E-state index in [1.165, 1.54) is 6.42 Å². The molecule has 1 saturated heterocycles. The first-order valence-electron chi connectivity index (χ1n) is 10.1. The van der Waals surface area contributed by atoms with Gasteiger partial charge in [0.05, 0.1) is 12.9 Å². The van der Waals surface area contributed by atoms with Crippen LogP contribution in [-0.4, -0.2) is 24.7 Å². The van der Waals surface area contributed by atoms with Gasteiger partial charge in [0.25, 0.3) is 0 Å². The fourth-order valence-electron chi connectivity index (χ4n) is 4.09. The van der Waals surface area contributed by atoms with Crippen molar-refractivity contribution in [3.05, 3.63) is 54.1 Å². The summed E-state index contributed by atoms with van der Waals surface area (Å²) in [6, 6.07) is 15.4. The van der Waals surface area contributed by atoms with Gasteiger partial charge in [0.2, 0.25) is 11.8 Å². The van der Waals surface area contributed by atoms with Crippen LogP contribution in [-0.2, 0) is 9.59 Å². The molecule has 0 bridgehead atoms. The zero-order valence-corrected chi connectivity index (χ0v) is 17.4. The van der Waals surface area contributed by atoms with Gasteiger partial charge >= 0.3 is 0 Å². The molecule has 152 valence electrons. The monoisotopic (exact) mass is 410 g/mol. The van der Waals surface area contributed by atoms with Crippen LogP contribution in [0.5, 0.6) is 5.75 Å². The predicted octanol–water partition coefficient (Wildman–Crippen LogP) is 4.99. The minimum Gasteiger partial charge on any atom is -0.497 e. The molecule has 1 heterocycles. The molecule has 0 aromatic heterocycles. The Hall–Kier alpha value is -2.47. The first-order valence-corrected chi connectivity index (χ1v) is 11.2. The Labute approximate surface area is 175 Å². The third-order valence-corrected chi connectivity index (χ3v) is 6.83. The van der Waals surface area contributed by atoms with Gasteiger partial charge in [0.1, 0.15) is 11.1 Å². The molecule has 1 aliphatic carbocycles. The molecule has 4 rings (SSSR count). The van der Waals surface area contributed by atoms with Crippen LogP contribution >= 0.6 is 11.8 Å². The fourth-order valence-corrected chi connectivity index (χ4v) is 5.26. The molecule has 1 N–H and O–H groups in total. The van der Waals surface area contributed by atoms with Crippen molar-refractivity contribution in [3.63, 3.8) is 0 Å². The van der Waals surface area contributed by atoms with E-state index in [1.807, 2.05) is 53.4 Å². The van der Waals surface area contributed by atoms with E-state index >= 15 is 0 Å². The fraction of sp³-hybridized carbons (Fsp3) is 0.391. The molecule has 2 fully saturated rings. The Bertz CT molecular complexity index is 895. The Morgan fingerprint density at radius 2 is 1.90 bits per heavy atom. The average molecular weight is 411 g/mol. The molecular weight excluding hydrogens is 384 g/mol. The maximum absolute atomic E-state index is 12.6. The minimum absolute atomic E-state index is 0.0740. The summed E-state index contributed by atoms with van der Waals surface area (Å²) >= 11 is 1.60. The maximum atomic E-state index is 12.6. The van der Waals surface area contributed by atoms with Crippen molar-refractivity contribution in [3.8, 4) is 5.75 Å². The van der Waals surface area contributed by atoms with E-state index in [0.29, 0.717) is 5.75 Å². The second kappa shape index (κ2) is 8.91. The predicted molar refractivity (Wildman–Crippen MR) is 117 cm³/mol. The number of anilines is 2. The number of rotatable bonds is 5. The van der Waals surface area contributed by atoms with E-state index < -0.39 is 0 Å². The van der Waals surface area contributed by atoms with Crippen molar-refractivity contribution in [1.29, 1.82) is 0 Å². The molecule has 1 atom stereocenters. The van der Waals surface area contributed by atoms with Crippen LogP contribution in [0.4, 0.5) is 11.4 Å². The van der Waals surface area contributed by atoms with Gasteiger partial charge in [-0.1, -0.05) is 37.5 Å². The van der Waals surface area contributed by atoms with Crippen LogP contribution < -0.4 is 15.0 Å². The quantitative estimate of drug-likeness (QED) is 0.754. The van der Waals surface area contributed by atoms with Crippen molar-refractivity contribution in [1.82, 2.24) is 0 Å². The van der Waals surface area contributed by atoms with E-state index in [2.05, 4.69) is 5.32 Å². The number of benzene rings is 2. The zero-order chi connectivity index (χ0) is 20.2. The smallest absolute Gasteiger partial charge is 0.238 e. The zero-order valence-electron chi connectivity index (χ0n) is 16.6. The summed E-state index contributed by atoms with van der Waals surface area (Å²) in [5.74, 6) is 1.45. The molecule has 0 radical (unpaired) electrons. The lowest BCUT2D eigenvalue weighted by Crippen LogP contribution is -2.28. The Kier molecular flexibility index (Phi) is 6.09. The van der Waals surface area contributed by atoms with Crippen molar-refractivity contribution in [2.45, 2.75) is 37.5 Å². The number of thioether (sulfide) groups is 1. The van der Waals surface area contributed by atoms with Crippen LogP contribution in [0, 0.1) is 5.92 Å². The Balaban J connectivity index is 1.54. The number of carbonyl (C=O) groups is 2. The molecule has 5 nitrogen and oxygen atoms in total. The van der Waals surface area contributed by atoms with Crippen molar-refractivity contribution >= 4 is 35.0 Å². The summed E-state index contributed by atoms with van der Waals surface area (Å²) in [6.07, 6.45) is 5.44. The molecule has 1 saturated carbocycles. The molecule has 2 aromatic rings. The van der Waals surface area contributed by atoms with Gasteiger partial charge in [-0.25, -0.2) is 0 Å². The van der Waals surface area contributed by atoms with E-state index in [0.717, 1.165) is 48.4 Å². The Morgan fingerprint density at radius 3 is 2.69 bits per heavy atom. The van der Waals surface area contributed by atoms with Crippen LogP contribution in [0.15, 0.2) is 48.5 Å². The normalized spacial score (nSPS) is 20.0. The molecule has 2 amide bonds. The summed E-state index contributed by atoms with van der Waals surface area (Å²) in [6.45, 7) is 0. The first-order chi connectivity index (χ1) is 14.2. The van der Waals surface area contributed by atoms with Crippen LogP contribution in [0.25, 0.3) is 0 Å². The second-order valence-electron chi connectivity index (χ2n) is 7.58. The summed E-state index contributed by atoms with van der Waals surface area (Å²) in [5.41, 5.74) is 2.62. The van der Waals surface area contributed by atoms with E-state index in [-0.39, 0.29) is 23.1 Å². The number of ether oxygens (including phenoxy) is 1. The number of amides is 2. The highest BCUT2D eigenvalue weighted by Gasteiger charge is 2.34. The van der Waals surface area contributed by atoms with Crippen LogP contribution in [0.2, 0.25) is 0 Å². The molecular formula is C23H26N2O3S. The summed E-state index contributed by atoms with van der Waals surface area (Å²) in [4.78, 5) is 27.1. The summed E-state index contributed by atoms with van der Waals surface area (Å²) < 4.78 is 5.32. The van der Waals surface area contributed by atoms with E-state index in [4.69, 9.17) is 4.74 Å². The van der Waals surface area contributed by atoms with Crippen molar-refractivity contribution in [2.24, 2.45) is 5.92 Å². The molecule has 6 heteroatoms. The van der Waals surface area contributed by atoms with Crippen LogP contribution in [0.1, 0.15) is 43.0 Å². The lowest BCUT2D eigenvalue weighted by molar-refractivity contribution is -0.120. The van der Waals surface area contributed by atoms with Crippen LogP contribution in [0.3, 0.4) is 0 Å².